The first-order valence-corrected chi connectivity index (χ1v) is 22.5. The van der Waals surface area contributed by atoms with Gasteiger partial charge in [0.15, 0.2) is 5.60 Å². The normalized spacial score (nSPS) is 24.6. The van der Waals surface area contributed by atoms with E-state index in [0.29, 0.717) is 25.4 Å². The summed E-state index contributed by atoms with van der Waals surface area (Å²) in [6.45, 7) is 9.11. The van der Waals surface area contributed by atoms with Gasteiger partial charge in [0.25, 0.3) is 11.8 Å². The van der Waals surface area contributed by atoms with E-state index in [4.69, 9.17) is 14.2 Å². The number of nitrogens with one attached hydrogen (secondary N) is 1. The van der Waals surface area contributed by atoms with Crippen LogP contribution in [-0.4, -0.2) is 77.2 Å². The minimum absolute atomic E-state index is 0.0235. The van der Waals surface area contributed by atoms with Crippen LogP contribution in [0.1, 0.15) is 37.3 Å². The topological polar surface area (TPSA) is 104 Å². The molecule has 0 aliphatic carbocycles. The number of carbonyl (C=O) groups excluding carboxylic acids is 2. The number of fused-ring (bicyclic) bond motifs is 2. The van der Waals surface area contributed by atoms with Crippen molar-refractivity contribution in [2.24, 2.45) is 5.92 Å². The van der Waals surface area contributed by atoms with Crippen molar-refractivity contribution >= 4 is 42.1 Å². The van der Waals surface area contributed by atoms with Crippen LogP contribution in [0.25, 0.3) is 0 Å². The van der Waals surface area contributed by atoms with Gasteiger partial charge in [0.2, 0.25) is 0 Å². The monoisotopic (exact) mass is 760 g/mol. The molecule has 4 aliphatic rings. The maximum atomic E-state index is 15.3. The molecule has 2 amide bonds. The molecule has 288 valence electrons. The van der Waals surface area contributed by atoms with E-state index in [1.165, 1.54) is 5.19 Å². The number of amides is 2. The fraction of sp³-hybridized carbons (Fsp3) is 0.409. The largest absolute Gasteiger partial charge is 0.497 e. The average Bonchev–Trinajstić information content (AvgIpc) is 3.76. The maximum absolute atomic E-state index is 15.3. The van der Waals surface area contributed by atoms with Gasteiger partial charge in [0, 0.05) is 29.5 Å². The molecule has 0 saturated carbocycles. The van der Waals surface area contributed by atoms with E-state index in [9.17, 15) is 9.90 Å². The Morgan fingerprint density at radius 1 is 0.855 bits per heavy atom. The highest BCUT2D eigenvalue weighted by atomic mass is 28.3. The highest BCUT2D eigenvalue weighted by Gasteiger charge is 2.66. The number of hydrogen-bond acceptors (Lipinski definition) is 8. The second-order valence-corrected chi connectivity index (χ2v) is 20.7. The van der Waals surface area contributed by atoms with Gasteiger partial charge < -0.3 is 34.4 Å². The molecule has 3 fully saturated rings. The first-order valence-electron chi connectivity index (χ1n) is 19.5. The first-order chi connectivity index (χ1) is 26.6. The lowest BCUT2D eigenvalue weighted by Crippen LogP contribution is -2.55. The second-order valence-electron chi connectivity index (χ2n) is 16.0. The zero-order valence-electron chi connectivity index (χ0n) is 32.5. The number of aliphatic hydroxyl groups excluding tert-OH is 1. The molecule has 11 heteroatoms. The van der Waals surface area contributed by atoms with Gasteiger partial charge >= 0.3 is 0 Å². The summed E-state index contributed by atoms with van der Waals surface area (Å²) in [4.78, 5) is 35.8. The number of para-hydroxylation sites is 1. The Labute approximate surface area is 325 Å². The third-order valence-electron chi connectivity index (χ3n) is 13.0. The Morgan fingerprint density at radius 2 is 1.55 bits per heavy atom. The van der Waals surface area contributed by atoms with Crippen molar-refractivity contribution in [3.63, 3.8) is 0 Å². The molecule has 3 saturated heterocycles. The fourth-order valence-corrected chi connectivity index (χ4v) is 14.2. The number of benzene rings is 4. The summed E-state index contributed by atoms with van der Waals surface area (Å²) in [5.41, 5.74) is 2.51. The van der Waals surface area contributed by atoms with Crippen LogP contribution in [0.4, 0.5) is 17.1 Å². The van der Waals surface area contributed by atoms with Crippen LogP contribution in [0.3, 0.4) is 0 Å². The summed E-state index contributed by atoms with van der Waals surface area (Å²) >= 11 is 0. The number of aliphatic hydroxyl groups is 1. The number of rotatable bonds is 10. The Hall–Kier alpha value is -4.68. The van der Waals surface area contributed by atoms with Crippen molar-refractivity contribution in [2.75, 3.05) is 55.3 Å². The van der Waals surface area contributed by atoms with E-state index in [0.717, 1.165) is 59.9 Å². The number of nitrogens with zero attached hydrogens (tertiary/aromatic N) is 3. The SMILES string of the molecule is COc1ccc([Si](C)(C)[C@H]2[C@H](CCO)O[C@@]3(C(=O)N(Cc4cccc(N5CN(c6ccccc6)C6(CCNCC6)C5=O)c4)c4ccc(OC)cc43)[C@@H]2C)cc1. The highest BCUT2D eigenvalue weighted by molar-refractivity contribution is 6.91. The molecule has 2 N–H and O–H groups in total. The highest BCUT2D eigenvalue weighted by Crippen LogP contribution is 2.60. The van der Waals surface area contributed by atoms with Crippen molar-refractivity contribution in [1.82, 2.24) is 5.32 Å². The Morgan fingerprint density at radius 3 is 2.24 bits per heavy atom. The van der Waals surface area contributed by atoms with Crippen LogP contribution in [-0.2, 0) is 26.5 Å². The smallest absolute Gasteiger partial charge is 0.264 e. The van der Waals surface area contributed by atoms with Gasteiger partial charge in [-0.1, -0.05) is 67.7 Å². The van der Waals surface area contributed by atoms with Gasteiger partial charge in [0.1, 0.15) is 17.0 Å². The first kappa shape index (κ1) is 37.3. The lowest BCUT2D eigenvalue weighted by Gasteiger charge is -2.39. The predicted octanol–water partition coefficient (Wildman–Crippen LogP) is 5.78. The van der Waals surface area contributed by atoms with E-state index in [1.807, 2.05) is 76.5 Å². The quantitative estimate of drug-likeness (QED) is 0.196. The van der Waals surface area contributed by atoms with Crippen molar-refractivity contribution in [3.05, 3.63) is 108 Å². The molecule has 4 aromatic carbocycles. The molecule has 0 bridgehead atoms. The summed E-state index contributed by atoms with van der Waals surface area (Å²) in [5.74, 6) is 1.26. The average molecular weight is 761 g/mol. The van der Waals surface area contributed by atoms with E-state index in [2.05, 4.69) is 60.6 Å². The van der Waals surface area contributed by atoms with Crippen LogP contribution < -0.4 is 34.7 Å². The number of hydrogen-bond donors (Lipinski definition) is 2. The van der Waals surface area contributed by atoms with Gasteiger partial charge in [-0.3, -0.25) is 14.5 Å². The number of piperidine rings is 1. The molecule has 4 atom stereocenters. The molecule has 4 aliphatic heterocycles. The number of ether oxygens (including phenoxy) is 3. The summed E-state index contributed by atoms with van der Waals surface area (Å²) in [5, 5.41) is 15.0. The predicted molar refractivity (Wildman–Crippen MR) is 218 cm³/mol. The lowest BCUT2D eigenvalue weighted by atomic mass is 9.82. The van der Waals surface area contributed by atoms with E-state index in [1.54, 1.807) is 14.2 Å². The number of carbonyl (C=O) groups is 2. The summed E-state index contributed by atoms with van der Waals surface area (Å²) in [6.07, 6.45) is 1.57. The summed E-state index contributed by atoms with van der Waals surface area (Å²) in [6, 6.07) is 32.4. The minimum atomic E-state index is -2.32. The molecule has 10 nitrogen and oxygen atoms in total. The van der Waals surface area contributed by atoms with E-state index in [-0.39, 0.29) is 36.0 Å². The third kappa shape index (κ3) is 5.94. The Kier molecular flexibility index (Phi) is 9.77. The van der Waals surface area contributed by atoms with Crippen LogP contribution in [0.2, 0.25) is 18.6 Å². The lowest BCUT2D eigenvalue weighted by molar-refractivity contribution is -0.146. The summed E-state index contributed by atoms with van der Waals surface area (Å²) < 4.78 is 18.3. The maximum Gasteiger partial charge on any atom is 0.264 e. The van der Waals surface area contributed by atoms with Gasteiger partial charge in [0.05, 0.1) is 47.3 Å². The fourth-order valence-electron chi connectivity index (χ4n) is 10.1. The van der Waals surface area contributed by atoms with E-state index < -0.39 is 19.2 Å². The second kappa shape index (κ2) is 14.4. The molecule has 4 aromatic rings. The number of methoxy groups -OCH3 is 2. The Bertz CT molecular complexity index is 2050. The zero-order chi connectivity index (χ0) is 38.5. The van der Waals surface area contributed by atoms with Crippen LogP contribution >= 0.6 is 0 Å². The molecule has 8 rings (SSSR count). The molecular weight excluding hydrogens is 709 g/mol. The zero-order valence-corrected chi connectivity index (χ0v) is 33.5. The molecule has 0 aromatic heterocycles. The molecule has 55 heavy (non-hydrogen) atoms. The summed E-state index contributed by atoms with van der Waals surface area (Å²) in [7, 11) is 0.980. The molecule has 0 radical (unpaired) electrons. The minimum Gasteiger partial charge on any atom is -0.497 e. The standard InChI is InChI=1S/C44H52N4O6Si/c1-30-40(55(4,5)36-17-14-34(52-2)15-18-36)39(20-25-49)54-44(30)37-27-35(53-3)16-19-38(37)46(42(44)51)28-31-10-9-13-33(26-31)47-29-48(32-11-7-6-8-12-32)43(41(47)50)21-23-45-24-22-43/h6-19,26-27,30,39-40,45,49H,20-25,28-29H2,1-5H3/t30-,39+,40-,44+/m1/s1. The van der Waals surface area contributed by atoms with Gasteiger partial charge in [-0.25, -0.2) is 0 Å². The van der Waals surface area contributed by atoms with Crippen LogP contribution in [0.15, 0.2) is 97.1 Å². The number of anilines is 3. The van der Waals surface area contributed by atoms with Crippen molar-refractivity contribution in [2.45, 2.75) is 68.6 Å². The van der Waals surface area contributed by atoms with Crippen molar-refractivity contribution < 1.29 is 28.9 Å². The van der Waals surface area contributed by atoms with Crippen molar-refractivity contribution in [3.8, 4) is 11.5 Å². The van der Waals surface area contributed by atoms with Gasteiger partial charge in [-0.05, 0) is 98.1 Å². The Balaban J connectivity index is 1.14. The molecule has 4 heterocycles. The molecular formula is C44H52N4O6Si. The van der Waals surface area contributed by atoms with Gasteiger partial charge in [-0.15, -0.1) is 0 Å². The molecule has 2 spiro atoms. The van der Waals surface area contributed by atoms with Crippen molar-refractivity contribution in [1.29, 1.82) is 0 Å². The van der Waals surface area contributed by atoms with Crippen LogP contribution in [0.5, 0.6) is 11.5 Å². The van der Waals surface area contributed by atoms with E-state index >= 15 is 4.79 Å². The van der Waals surface area contributed by atoms with Gasteiger partial charge in [-0.2, -0.15) is 0 Å². The van der Waals surface area contributed by atoms with Crippen LogP contribution in [0, 0.1) is 5.92 Å². The third-order valence-corrected chi connectivity index (χ3v) is 17.3. The molecule has 0 unspecified atom stereocenters.